The lowest BCUT2D eigenvalue weighted by atomic mass is 10.0. The Kier molecular flexibility index (Phi) is 7.54. The van der Waals surface area contributed by atoms with Crippen molar-refractivity contribution >= 4 is 11.9 Å². The van der Waals surface area contributed by atoms with E-state index in [1.807, 2.05) is 13.8 Å². The second kappa shape index (κ2) is 8.06. The van der Waals surface area contributed by atoms with Crippen LogP contribution in [0.1, 0.15) is 40.0 Å². The van der Waals surface area contributed by atoms with Gasteiger partial charge in [0.2, 0.25) is 5.91 Å². The molecule has 1 amide bonds. The fraction of sp³-hybridized carbons (Fsp3) is 0.833. The average molecular weight is 244 g/mol. The Bertz CT molecular complexity index is 254. The van der Waals surface area contributed by atoms with Gasteiger partial charge >= 0.3 is 5.97 Å². The number of hydrogen-bond acceptors (Lipinski definition) is 3. The standard InChI is InChI=1S/C12H24N2O3/c1-8(2)7-10(12(16)17)14-11(15)9(3)5-4-6-13/h8-10H,4-7,13H2,1-3H3,(H,14,15)(H,16,17)/t9?,10-/m0/s1. The van der Waals surface area contributed by atoms with Crippen molar-refractivity contribution < 1.29 is 14.7 Å². The third kappa shape index (κ3) is 6.94. The van der Waals surface area contributed by atoms with Crippen LogP contribution in [0.4, 0.5) is 0 Å². The molecule has 0 saturated carbocycles. The normalized spacial score (nSPS) is 14.4. The third-order valence-corrected chi connectivity index (χ3v) is 2.61. The topological polar surface area (TPSA) is 92.4 Å². The first-order valence-corrected chi connectivity index (χ1v) is 6.11. The van der Waals surface area contributed by atoms with Crippen LogP contribution in [-0.2, 0) is 9.59 Å². The Hall–Kier alpha value is -1.10. The summed E-state index contributed by atoms with van der Waals surface area (Å²) in [6.07, 6.45) is 1.91. The van der Waals surface area contributed by atoms with Gasteiger partial charge in [0.15, 0.2) is 0 Å². The molecule has 1 unspecified atom stereocenters. The zero-order valence-corrected chi connectivity index (χ0v) is 10.9. The summed E-state index contributed by atoms with van der Waals surface area (Å²) in [7, 11) is 0. The molecule has 5 heteroatoms. The molecule has 5 nitrogen and oxygen atoms in total. The molecule has 0 aromatic heterocycles. The number of hydrogen-bond donors (Lipinski definition) is 3. The highest BCUT2D eigenvalue weighted by molar-refractivity contribution is 5.84. The Morgan fingerprint density at radius 1 is 1.29 bits per heavy atom. The number of amides is 1. The van der Waals surface area contributed by atoms with Crippen molar-refractivity contribution in [2.75, 3.05) is 6.54 Å². The summed E-state index contributed by atoms with van der Waals surface area (Å²) in [6, 6.07) is -0.789. The van der Waals surface area contributed by atoms with Crippen LogP contribution in [0, 0.1) is 11.8 Å². The first-order valence-electron chi connectivity index (χ1n) is 6.11. The van der Waals surface area contributed by atoms with Gasteiger partial charge < -0.3 is 16.2 Å². The molecule has 0 spiro atoms. The molecular formula is C12H24N2O3. The van der Waals surface area contributed by atoms with Gasteiger partial charge in [0.05, 0.1) is 0 Å². The van der Waals surface area contributed by atoms with Gasteiger partial charge in [0.25, 0.3) is 0 Å². The molecule has 0 saturated heterocycles. The third-order valence-electron chi connectivity index (χ3n) is 2.61. The summed E-state index contributed by atoms with van der Waals surface area (Å²) in [5.74, 6) is -1.13. The smallest absolute Gasteiger partial charge is 0.326 e. The highest BCUT2D eigenvalue weighted by atomic mass is 16.4. The van der Waals surface area contributed by atoms with Gasteiger partial charge in [-0.2, -0.15) is 0 Å². The average Bonchev–Trinajstić information content (AvgIpc) is 2.23. The van der Waals surface area contributed by atoms with Gasteiger partial charge in [-0.05, 0) is 31.7 Å². The number of carboxylic acids is 1. The van der Waals surface area contributed by atoms with Crippen LogP contribution < -0.4 is 11.1 Å². The van der Waals surface area contributed by atoms with E-state index in [9.17, 15) is 9.59 Å². The van der Waals surface area contributed by atoms with Gasteiger partial charge in [0.1, 0.15) is 6.04 Å². The second-order valence-corrected chi connectivity index (χ2v) is 4.86. The summed E-state index contributed by atoms with van der Waals surface area (Å²) in [5.41, 5.74) is 5.37. The quantitative estimate of drug-likeness (QED) is 0.593. The summed E-state index contributed by atoms with van der Waals surface area (Å²) >= 11 is 0. The molecule has 0 rings (SSSR count). The Balaban J connectivity index is 4.25. The molecule has 4 N–H and O–H groups in total. The van der Waals surface area contributed by atoms with Gasteiger partial charge in [-0.25, -0.2) is 4.79 Å². The van der Waals surface area contributed by atoms with E-state index in [2.05, 4.69) is 5.32 Å². The predicted octanol–water partition coefficient (Wildman–Crippen LogP) is 0.977. The van der Waals surface area contributed by atoms with Crippen LogP contribution in [0.2, 0.25) is 0 Å². The molecule has 0 bridgehead atoms. The van der Waals surface area contributed by atoms with Crippen molar-refractivity contribution in [3.8, 4) is 0 Å². The number of nitrogens with two attached hydrogens (primary N) is 1. The summed E-state index contributed by atoms with van der Waals surface area (Å²) in [4.78, 5) is 22.7. The SMILES string of the molecule is CC(C)C[C@H](NC(=O)C(C)CCCN)C(=O)O. The number of carbonyl (C=O) groups is 2. The lowest BCUT2D eigenvalue weighted by molar-refractivity contribution is -0.142. The first-order chi connectivity index (χ1) is 7.88. The molecular weight excluding hydrogens is 220 g/mol. The van der Waals surface area contributed by atoms with Crippen molar-refractivity contribution in [1.29, 1.82) is 0 Å². The van der Waals surface area contributed by atoms with Crippen molar-refractivity contribution in [3.63, 3.8) is 0 Å². The minimum atomic E-state index is -0.974. The lowest BCUT2D eigenvalue weighted by Crippen LogP contribution is -2.43. The van der Waals surface area contributed by atoms with Gasteiger partial charge in [-0.3, -0.25) is 4.79 Å². The van der Waals surface area contributed by atoms with Crippen LogP contribution in [0.25, 0.3) is 0 Å². The Morgan fingerprint density at radius 2 is 1.88 bits per heavy atom. The number of rotatable bonds is 8. The molecule has 0 aliphatic rings. The summed E-state index contributed by atoms with van der Waals surface area (Å²) in [6.45, 7) is 6.20. The van der Waals surface area contributed by atoms with E-state index in [0.29, 0.717) is 19.4 Å². The largest absolute Gasteiger partial charge is 0.480 e. The molecule has 0 radical (unpaired) electrons. The number of carboxylic acid groups (broad SMARTS) is 1. The number of nitrogens with one attached hydrogen (secondary N) is 1. The monoisotopic (exact) mass is 244 g/mol. The van der Waals surface area contributed by atoms with E-state index in [4.69, 9.17) is 10.8 Å². The van der Waals surface area contributed by atoms with Crippen LogP contribution in [-0.4, -0.2) is 29.6 Å². The molecule has 100 valence electrons. The van der Waals surface area contributed by atoms with E-state index in [0.717, 1.165) is 6.42 Å². The number of carbonyl (C=O) groups excluding carboxylic acids is 1. The molecule has 0 aromatic carbocycles. The van der Waals surface area contributed by atoms with Crippen LogP contribution in [0.5, 0.6) is 0 Å². The van der Waals surface area contributed by atoms with E-state index >= 15 is 0 Å². The lowest BCUT2D eigenvalue weighted by Gasteiger charge is -2.19. The van der Waals surface area contributed by atoms with Crippen molar-refractivity contribution in [2.24, 2.45) is 17.6 Å². The van der Waals surface area contributed by atoms with Crippen molar-refractivity contribution in [1.82, 2.24) is 5.32 Å². The van der Waals surface area contributed by atoms with Gasteiger partial charge in [-0.15, -0.1) is 0 Å². The number of aliphatic carboxylic acids is 1. The van der Waals surface area contributed by atoms with E-state index in [-0.39, 0.29) is 17.7 Å². The molecule has 0 aromatic rings. The molecule has 0 heterocycles. The molecule has 0 aliphatic heterocycles. The molecule has 2 atom stereocenters. The van der Waals surface area contributed by atoms with Crippen LogP contribution in [0.3, 0.4) is 0 Å². The van der Waals surface area contributed by atoms with E-state index < -0.39 is 12.0 Å². The Morgan fingerprint density at radius 3 is 2.29 bits per heavy atom. The maximum absolute atomic E-state index is 11.7. The minimum absolute atomic E-state index is 0.187. The predicted molar refractivity (Wildman–Crippen MR) is 66.5 cm³/mol. The first kappa shape index (κ1) is 15.9. The minimum Gasteiger partial charge on any atom is -0.480 e. The van der Waals surface area contributed by atoms with Crippen molar-refractivity contribution in [3.05, 3.63) is 0 Å². The molecule has 17 heavy (non-hydrogen) atoms. The summed E-state index contributed by atoms with van der Waals surface area (Å²) in [5, 5.41) is 11.6. The zero-order valence-electron chi connectivity index (χ0n) is 10.9. The van der Waals surface area contributed by atoms with Crippen LogP contribution >= 0.6 is 0 Å². The highest BCUT2D eigenvalue weighted by Crippen LogP contribution is 2.09. The van der Waals surface area contributed by atoms with Crippen molar-refractivity contribution in [2.45, 2.75) is 46.1 Å². The van der Waals surface area contributed by atoms with Gasteiger partial charge in [-0.1, -0.05) is 20.8 Å². The Labute approximate surface area is 103 Å². The molecule has 0 aliphatic carbocycles. The fourth-order valence-corrected chi connectivity index (χ4v) is 1.56. The maximum Gasteiger partial charge on any atom is 0.326 e. The van der Waals surface area contributed by atoms with E-state index in [1.165, 1.54) is 0 Å². The summed E-state index contributed by atoms with van der Waals surface area (Å²) < 4.78 is 0. The van der Waals surface area contributed by atoms with Gasteiger partial charge in [0, 0.05) is 5.92 Å². The second-order valence-electron chi connectivity index (χ2n) is 4.86. The fourth-order valence-electron chi connectivity index (χ4n) is 1.56. The highest BCUT2D eigenvalue weighted by Gasteiger charge is 2.23. The molecule has 0 fully saturated rings. The zero-order chi connectivity index (χ0) is 13.4. The van der Waals surface area contributed by atoms with E-state index in [1.54, 1.807) is 6.92 Å². The van der Waals surface area contributed by atoms with Crippen LogP contribution in [0.15, 0.2) is 0 Å². The maximum atomic E-state index is 11.7.